The fourth-order valence-corrected chi connectivity index (χ4v) is 0. The molecule has 0 radical (unpaired) electrons. The van der Waals surface area contributed by atoms with Crippen LogP contribution < -0.4 is 17.6 Å². The predicted molar refractivity (Wildman–Crippen MR) is 23.1 cm³/mol. The second kappa shape index (κ2) is 18.2. The first-order valence-electron chi connectivity index (χ1n) is 1.32. The van der Waals surface area contributed by atoms with E-state index in [9.17, 15) is 0 Å². The van der Waals surface area contributed by atoms with Crippen molar-refractivity contribution in [3.8, 4) is 0 Å². The molecule has 7 N–H and O–H groups in total. The zero-order valence-electron chi connectivity index (χ0n) is 3.63. The van der Waals surface area contributed by atoms with E-state index in [1.807, 2.05) is 0 Å². The molecule has 42 valence electrons. The summed E-state index contributed by atoms with van der Waals surface area (Å²) in [6.07, 6.45) is 0. The van der Waals surface area contributed by atoms with Crippen molar-refractivity contribution in [3.05, 3.63) is 0 Å². The third kappa shape index (κ3) is 26.0. The van der Waals surface area contributed by atoms with E-state index in [1.165, 1.54) is 0 Å². The maximum atomic E-state index is 4.90. The minimum absolute atomic E-state index is 0. The smallest absolute Gasteiger partial charge is 0.00461 e. The maximum absolute atomic E-state index is 4.90. The zero-order chi connectivity index (χ0) is 3.41. The molecule has 0 saturated carbocycles. The van der Waals surface area contributed by atoms with Crippen LogP contribution in [0.15, 0.2) is 0 Å². The Labute approximate surface area is 48.5 Å². The van der Waals surface area contributed by atoms with Gasteiger partial charge in [-0.2, -0.15) is 0 Å². The Balaban J connectivity index is -0.0000000450. The molecule has 0 rings (SSSR count). The minimum Gasteiger partial charge on any atom is -0.344 e. The maximum Gasteiger partial charge on any atom is 0.00461 e. The van der Waals surface area contributed by atoms with Crippen LogP contribution in [0, 0.1) is 0 Å². The van der Waals surface area contributed by atoms with E-state index in [1.54, 1.807) is 0 Å². The predicted octanol–water partition coefficient (Wildman–Crippen LogP) is -0.937. The van der Waals surface area contributed by atoms with Crippen molar-refractivity contribution in [1.29, 1.82) is 0 Å². The zero-order valence-corrected chi connectivity index (χ0v) is 4.73. The molecule has 0 aromatic heterocycles. The standard InChI is InChI=1S/C2H8N2.Fe.H3N/c3-1-2-4;;/h1-4H2;;1H3. The average Bonchev–Trinajstić information content (AvgIpc) is 1.37. The summed E-state index contributed by atoms with van der Waals surface area (Å²) in [6, 6.07) is 0. The molecule has 0 aliphatic rings. The second-order valence-electron chi connectivity index (χ2n) is 0.577. The van der Waals surface area contributed by atoms with Gasteiger partial charge in [-0.1, -0.05) is 0 Å². The van der Waals surface area contributed by atoms with Crippen molar-refractivity contribution >= 4 is 0 Å². The van der Waals surface area contributed by atoms with Crippen molar-refractivity contribution in [1.82, 2.24) is 6.15 Å². The van der Waals surface area contributed by atoms with Gasteiger partial charge in [0.25, 0.3) is 0 Å². The van der Waals surface area contributed by atoms with Gasteiger partial charge in [-0.3, -0.25) is 0 Å². The molecule has 0 heterocycles. The van der Waals surface area contributed by atoms with Gasteiger partial charge in [-0.15, -0.1) is 0 Å². The third-order valence-electron chi connectivity index (χ3n) is 0.167. The Bertz CT molecular complexity index is 10.8. The van der Waals surface area contributed by atoms with E-state index in [0.717, 1.165) is 0 Å². The van der Waals surface area contributed by atoms with Gasteiger partial charge < -0.3 is 17.6 Å². The van der Waals surface area contributed by atoms with Crippen LogP contribution in [-0.4, -0.2) is 13.1 Å². The Morgan fingerprint density at radius 1 is 1.00 bits per heavy atom. The van der Waals surface area contributed by atoms with E-state index in [2.05, 4.69) is 0 Å². The number of hydrogen-bond donors (Lipinski definition) is 3. The molecule has 0 aliphatic carbocycles. The molecule has 0 fully saturated rings. The van der Waals surface area contributed by atoms with Gasteiger partial charge in [0, 0.05) is 30.2 Å². The molecule has 0 unspecified atom stereocenters. The van der Waals surface area contributed by atoms with Gasteiger partial charge >= 0.3 is 0 Å². The van der Waals surface area contributed by atoms with E-state index >= 15 is 0 Å². The van der Waals surface area contributed by atoms with E-state index in [-0.39, 0.29) is 23.2 Å². The molecular formula is C2H11FeN3. The summed E-state index contributed by atoms with van der Waals surface area (Å²) < 4.78 is 0. The molecule has 4 heteroatoms. The quantitative estimate of drug-likeness (QED) is 0.403. The largest absolute Gasteiger partial charge is 0.344 e. The fourth-order valence-electron chi connectivity index (χ4n) is 0. The van der Waals surface area contributed by atoms with E-state index < -0.39 is 0 Å². The molecule has 0 aromatic rings. The van der Waals surface area contributed by atoms with Crippen LogP contribution in [0.4, 0.5) is 0 Å². The Morgan fingerprint density at radius 2 is 1.17 bits per heavy atom. The molecule has 0 amide bonds. The summed E-state index contributed by atoms with van der Waals surface area (Å²) in [6.45, 7) is 1.19. The summed E-state index contributed by atoms with van der Waals surface area (Å²) in [4.78, 5) is 0. The molecule has 0 atom stereocenters. The van der Waals surface area contributed by atoms with Gasteiger partial charge in [0.1, 0.15) is 0 Å². The molecule has 6 heavy (non-hydrogen) atoms. The summed E-state index contributed by atoms with van der Waals surface area (Å²) in [5, 5.41) is 0. The normalized spacial score (nSPS) is 5.00. The number of hydrogen-bond acceptors (Lipinski definition) is 3. The first-order valence-corrected chi connectivity index (χ1v) is 1.32. The molecule has 0 spiro atoms. The van der Waals surface area contributed by atoms with E-state index in [0.29, 0.717) is 13.1 Å². The summed E-state index contributed by atoms with van der Waals surface area (Å²) in [5.74, 6) is 0. The molecule has 0 aliphatic heterocycles. The van der Waals surface area contributed by atoms with Crippen LogP contribution in [0.5, 0.6) is 0 Å². The van der Waals surface area contributed by atoms with Crippen LogP contribution in [0.25, 0.3) is 0 Å². The van der Waals surface area contributed by atoms with Crippen molar-refractivity contribution in [2.24, 2.45) is 11.5 Å². The Hall–Kier alpha value is 0.399. The molecule has 0 bridgehead atoms. The van der Waals surface area contributed by atoms with Gasteiger partial charge in [0.05, 0.1) is 0 Å². The van der Waals surface area contributed by atoms with Crippen LogP contribution in [0.3, 0.4) is 0 Å². The van der Waals surface area contributed by atoms with Gasteiger partial charge in [-0.25, -0.2) is 0 Å². The van der Waals surface area contributed by atoms with Crippen LogP contribution >= 0.6 is 0 Å². The Kier molecular flexibility index (Phi) is 48.8. The molecule has 3 nitrogen and oxygen atoms in total. The van der Waals surface area contributed by atoms with Gasteiger partial charge in [-0.05, 0) is 0 Å². The Morgan fingerprint density at radius 3 is 1.17 bits per heavy atom. The monoisotopic (exact) mass is 133 g/mol. The first kappa shape index (κ1) is 16.1. The summed E-state index contributed by atoms with van der Waals surface area (Å²) in [5.41, 5.74) is 9.81. The van der Waals surface area contributed by atoms with Crippen molar-refractivity contribution < 1.29 is 17.1 Å². The van der Waals surface area contributed by atoms with Crippen LogP contribution in [0.1, 0.15) is 0 Å². The van der Waals surface area contributed by atoms with Crippen molar-refractivity contribution in [2.75, 3.05) is 13.1 Å². The SMILES string of the molecule is N.NCCN.[Fe]. The van der Waals surface area contributed by atoms with E-state index in [4.69, 9.17) is 11.5 Å². The second-order valence-corrected chi connectivity index (χ2v) is 0.577. The van der Waals surface area contributed by atoms with Crippen molar-refractivity contribution in [2.45, 2.75) is 0 Å². The van der Waals surface area contributed by atoms with Gasteiger partial charge in [0.2, 0.25) is 0 Å². The summed E-state index contributed by atoms with van der Waals surface area (Å²) >= 11 is 0. The molecular weight excluding hydrogens is 122 g/mol. The fraction of sp³-hybridized carbons (Fsp3) is 1.00. The molecule has 0 saturated heterocycles. The van der Waals surface area contributed by atoms with Crippen molar-refractivity contribution in [3.63, 3.8) is 0 Å². The minimum atomic E-state index is 0. The molecule has 0 aromatic carbocycles. The van der Waals surface area contributed by atoms with Crippen LogP contribution in [0.2, 0.25) is 0 Å². The third-order valence-corrected chi connectivity index (χ3v) is 0.167. The van der Waals surface area contributed by atoms with Crippen LogP contribution in [-0.2, 0) is 17.1 Å². The number of rotatable bonds is 1. The van der Waals surface area contributed by atoms with Gasteiger partial charge in [0.15, 0.2) is 0 Å². The summed E-state index contributed by atoms with van der Waals surface area (Å²) in [7, 11) is 0. The first-order chi connectivity index (χ1) is 1.91. The topological polar surface area (TPSA) is 87.0 Å². The average molecular weight is 133 g/mol. The number of nitrogens with two attached hydrogens (primary N) is 2.